The molecule has 9 heteroatoms. The Labute approximate surface area is 150 Å². The highest BCUT2D eigenvalue weighted by Crippen LogP contribution is 2.31. The topological polar surface area (TPSA) is 105 Å². The summed E-state index contributed by atoms with van der Waals surface area (Å²) in [6.07, 6.45) is 0. The van der Waals surface area contributed by atoms with Crippen LogP contribution in [-0.2, 0) is 9.84 Å². The van der Waals surface area contributed by atoms with E-state index in [1.165, 1.54) is 0 Å². The molecule has 2 aromatic rings. The third kappa shape index (κ3) is 2.91. The van der Waals surface area contributed by atoms with Crippen LogP contribution in [0.1, 0.15) is 5.56 Å². The highest BCUT2D eigenvalue weighted by atomic mass is 32.2. The fourth-order valence-electron chi connectivity index (χ4n) is 2.58. The highest BCUT2D eigenvalue weighted by molar-refractivity contribution is 7.95. The minimum absolute atomic E-state index is 0.100. The molecule has 0 radical (unpaired) electrons. The number of benzene rings is 2. The van der Waals surface area contributed by atoms with Crippen LogP contribution in [0.5, 0.6) is 0 Å². The summed E-state index contributed by atoms with van der Waals surface area (Å²) in [7, 11) is -0.533. The summed E-state index contributed by atoms with van der Waals surface area (Å²) < 4.78 is 38.7. The molecule has 1 aliphatic rings. The van der Waals surface area contributed by atoms with Crippen LogP contribution in [0.25, 0.3) is 0 Å². The molecule has 0 spiro atoms. The van der Waals surface area contributed by atoms with E-state index in [0.717, 1.165) is 34.8 Å². The Kier molecular flexibility index (Phi) is 4.43. The monoisotopic (exact) mass is 375 g/mol. The molecule has 0 aromatic heterocycles. The van der Waals surface area contributed by atoms with Crippen molar-refractivity contribution in [3.63, 3.8) is 0 Å². The van der Waals surface area contributed by atoms with Crippen LogP contribution >= 0.6 is 0 Å². The maximum Gasteiger partial charge on any atom is 0.225 e. The van der Waals surface area contributed by atoms with E-state index in [9.17, 15) is 12.8 Å². The van der Waals surface area contributed by atoms with E-state index < -0.39 is 20.7 Å². The van der Waals surface area contributed by atoms with Crippen LogP contribution in [0.2, 0.25) is 0 Å². The number of nitrogens with two attached hydrogens (primary N) is 2. The number of halogens is 1. The van der Waals surface area contributed by atoms with Crippen LogP contribution in [0.3, 0.4) is 0 Å². The van der Waals surface area contributed by atoms with Gasteiger partial charge in [0.05, 0.1) is 10.6 Å². The average molecular weight is 375 g/mol. The quantitative estimate of drug-likeness (QED) is 0.607. The van der Waals surface area contributed by atoms with Gasteiger partial charge in [0.1, 0.15) is 11.7 Å². The van der Waals surface area contributed by atoms with E-state index in [0.29, 0.717) is 11.5 Å². The molecule has 0 saturated carbocycles. The molecule has 0 saturated heterocycles. The summed E-state index contributed by atoms with van der Waals surface area (Å²) in [5, 5.41) is 0.624. The Hall–Kier alpha value is -2.91. The number of anilines is 1. The molecule has 1 heterocycles. The zero-order valence-corrected chi connectivity index (χ0v) is 15.0. The summed E-state index contributed by atoms with van der Waals surface area (Å²) >= 11 is 0. The third-order valence-corrected chi connectivity index (χ3v) is 5.56. The van der Waals surface area contributed by atoms with Gasteiger partial charge in [0.2, 0.25) is 9.84 Å². The van der Waals surface area contributed by atoms with Crippen molar-refractivity contribution < 1.29 is 12.8 Å². The number of hydrazine groups is 1. The number of amidine groups is 1. The predicted octanol–water partition coefficient (Wildman–Crippen LogP) is 1.39. The van der Waals surface area contributed by atoms with Gasteiger partial charge in [-0.1, -0.05) is 12.1 Å². The van der Waals surface area contributed by atoms with E-state index in [-0.39, 0.29) is 10.7 Å². The number of para-hydroxylation sites is 1. The number of nitrogens with zero attached hydrogens (tertiary/aromatic N) is 3. The SMILES string of the molecule is CN(C)C1=N/C(=C(/N)S(=O)(=O)c2ccc(F)cc2)N(N)c2ccccc21. The number of hydrogen-bond donors (Lipinski definition) is 2. The Morgan fingerprint density at radius 2 is 1.73 bits per heavy atom. The summed E-state index contributed by atoms with van der Waals surface area (Å²) in [6.45, 7) is 0. The fraction of sp³-hybridized carbons (Fsp3) is 0.118. The first kappa shape index (κ1) is 17.9. The van der Waals surface area contributed by atoms with Gasteiger partial charge < -0.3 is 10.6 Å². The number of sulfone groups is 1. The maximum absolute atomic E-state index is 13.1. The third-order valence-electron chi connectivity index (χ3n) is 3.90. The van der Waals surface area contributed by atoms with E-state index in [2.05, 4.69) is 4.99 Å². The molecule has 2 aromatic carbocycles. The molecule has 26 heavy (non-hydrogen) atoms. The zero-order chi connectivity index (χ0) is 19.1. The van der Waals surface area contributed by atoms with Crippen LogP contribution in [-0.4, -0.2) is 33.2 Å². The number of fused-ring (bicyclic) bond motifs is 1. The molecule has 0 aliphatic carbocycles. The zero-order valence-electron chi connectivity index (χ0n) is 14.2. The van der Waals surface area contributed by atoms with Gasteiger partial charge in [-0.25, -0.2) is 23.6 Å². The Balaban J connectivity index is 2.21. The van der Waals surface area contributed by atoms with Gasteiger partial charge >= 0.3 is 0 Å². The van der Waals surface area contributed by atoms with Gasteiger partial charge in [0.25, 0.3) is 0 Å². The maximum atomic E-state index is 13.1. The molecule has 1 aliphatic heterocycles. The molecule has 0 bridgehead atoms. The lowest BCUT2D eigenvalue weighted by Crippen LogP contribution is -2.40. The van der Waals surface area contributed by atoms with Crippen molar-refractivity contribution in [2.45, 2.75) is 4.90 Å². The van der Waals surface area contributed by atoms with Crippen LogP contribution < -0.4 is 16.6 Å². The van der Waals surface area contributed by atoms with Crippen LogP contribution in [0.4, 0.5) is 10.1 Å². The summed E-state index contributed by atoms with van der Waals surface area (Å²) in [4.78, 5) is 5.96. The molecule has 4 N–H and O–H groups in total. The number of rotatable bonds is 2. The summed E-state index contributed by atoms with van der Waals surface area (Å²) in [5.74, 6) is 5.97. The van der Waals surface area contributed by atoms with Crippen LogP contribution in [0, 0.1) is 5.82 Å². The lowest BCUT2D eigenvalue weighted by molar-refractivity contribution is 0.598. The standard InChI is InChI=1S/C17H18FN5O2S/c1-22(2)16-13-5-3-4-6-14(13)23(20)17(21-16)15(19)26(24,25)12-9-7-11(18)8-10-12/h3-10H,19-20H2,1-2H3/b17-15+. The minimum atomic E-state index is -4.10. The number of hydrogen-bond acceptors (Lipinski definition) is 7. The van der Waals surface area contributed by atoms with Gasteiger partial charge in [-0.05, 0) is 36.4 Å². The smallest absolute Gasteiger partial charge is 0.225 e. The molecular formula is C17H18FN5O2S. The second kappa shape index (κ2) is 6.43. The predicted molar refractivity (Wildman–Crippen MR) is 98.1 cm³/mol. The van der Waals surface area contributed by atoms with E-state index in [4.69, 9.17) is 11.6 Å². The molecular weight excluding hydrogens is 357 g/mol. The molecule has 0 fully saturated rings. The lowest BCUT2D eigenvalue weighted by atomic mass is 10.1. The number of aliphatic imine (C=N–C) groups is 1. The molecule has 3 rings (SSSR count). The normalized spacial score (nSPS) is 16.0. The van der Waals surface area contributed by atoms with E-state index >= 15 is 0 Å². The van der Waals surface area contributed by atoms with Gasteiger partial charge in [-0.2, -0.15) is 0 Å². The molecule has 0 amide bonds. The summed E-state index contributed by atoms with van der Waals surface area (Å²) in [5.41, 5.74) is 7.27. The highest BCUT2D eigenvalue weighted by Gasteiger charge is 2.30. The van der Waals surface area contributed by atoms with Crippen molar-refractivity contribution in [2.75, 3.05) is 19.1 Å². The van der Waals surface area contributed by atoms with E-state index in [1.807, 2.05) is 12.1 Å². The van der Waals surface area contributed by atoms with Crippen molar-refractivity contribution in [1.29, 1.82) is 0 Å². The Morgan fingerprint density at radius 1 is 1.12 bits per heavy atom. The van der Waals surface area contributed by atoms with Gasteiger partial charge in [-0.15, -0.1) is 0 Å². The first-order valence-corrected chi connectivity index (χ1v) is 9.12. The molecule has 7 nitrogen and oxygen atoms in total. The molecule has 136 valence electrons. The Morgan fingerprint density at radius 3 is 2.35 bits per heavy atom. The second-order valence-electron chi connectivity index (χ2n) is 5.86. The Bertz CT molecular complexity index is 1010. The van der Waals surface area contributed by atoms with Crippen molar-refractivity contribution in [3.8, 4) is 0 Å². The van der Waals surface area contributed by atoms with Gasteiger partial charge in [0.15, 0.2) is 10.9 Å². The van der Waals surface area contributed by atoms with Gasteiger partial charge in [-0.3, -0.25) is 5.01 Å². The first-order chi connectivity index (χ1) is 12.2. The van der Waals surface area contributed by atoms with Crippen molar-refractivity contribution in [1.82, 2.24) is 4.90 Å². The van der Waals surface area contributed by atoms with Gasteiger partial charge in [0, 0.05) is 19.7 Å². The lowest BCUT2D eigenvalue weighted by Gasteiger charge is -2.30. The molecule has 0 unspecified atom stereocenters. The fourth-order valence-corrected chi connectivity index (χ4v) is 3.71. The average Bonchev–Trinajstić information content (AvgIpc) is 2.62. The van der Waals surface area contributed by atoms with Crippen molar-refractivity contribution >= 4 is 21.4 Å². The minimum Gasteiger partial charge on any atom is -0.386 e. The second-order valence-corrected chi connectivity index (χ2v) is 7.78. The summed E-state index contributed by atoms with van der Waals surface area (Å²) in [6, 6.07) is 11.6. The molecule has 0 atom stereocenters. The first-order valence-electron chi connectivity index (χ1n) is 7.64. The van der Waals surface area contributed by atoms with Crippen molar-refractivity contribution in [3.05, 3.63) is 70.8 Å². The largest absolute Gasteiger partial charge is 0.386 e. The van der Waals surface area contributed by atoms with Crippen molar-refractivity contribution in [2.24, 2.45) is 16.6 Å². The van der Waals surface area contributed by atoms with E-state index in [1.54, 1.807) is 31.1 Å². The van der Waals surface area contributed by atoms with Crippen LogP contribution in [0.15, 0.2) is 69.3 Å².